The first-order valence-electron chi connectivity index (χ1n) is 5.15. The fraction of sp³-hybridized carbons (Fsp3) is 0.300. The van der Waals surface area contributed by atoms with Gasteiger partial charge >= 0.3 is 0 Å². The third-order valence-corrected chi connectivity index (χ3v) is 2.28. The summed E-state index contributed by atoms with van der Waals surface area (Å²) in [6.07, 6.45) is -1.53. The van der Waals surface area contributed by atoms with Crippen molar-refractivity contribution in [3.05, 3.63) is 29.7 Å². The lowest BCUT2D eigenvalue weighted by Gasteiger charge is -2.04. The molecule has 2 rings (SSSR count). The summed E-state index contributed by atoms with van der Waals surface area (Å²) in [6.45, 7) is -0.0936. The van der Waals surface area contributed by atoms with Gasteiger partial charge in [0.2, 0.25) is 5.82 Å². The molecule has 2 aromatic rings. The number of carbonyl (C=O) groups excluding carboxylic acids is 1. The number of hydrogen-bond donors (Lipinski definition) is 2. The van der Waals surface area contributed by atoms with Crippen molar-refractivity contribution in [3.8, 4) is 0 Å². The lowest BCUT2D eigenvalue weighted by atomic mass is 10.2. The van der Waals surface area contributed by atoms with Gasteiger partial charge in [-0.2, -0.15) is 0 Å². The maximum absolute atomic E-state index is 12.6. The molecule has 18 heavy (non-hydrogen) atoms. The smallest absolute Gasteiger partial charge is 0.297 e. The molecule has 0 aliphatic rings. The quantitative estimate of drug-likeness (QED) is 0.829. The Balaban J connectivity index is 2.36. The molecule has 0 saturated heterocycles. The highest BCUT2D eigenvalue weighted by Crippen LogP contribution is 2.17. The van der Waals surface area contributed by atoms with Gasteiger partial charge in [0.25, 0.3) is 12.3 Å². The fourth-order valence-corrected chi connectivity index (χ4v) is 1.46. The molecule has 2 heterocycles. The number of alkyl halides is 2. The minimum Gasteiger partial charge on any atom is -0.395 e. The van der Waals surface area contributed by atoms with E-state index in [2.05, 4.69) is 15.5 Å². The molecule has 6 nitrogen and oxygen atoms in total. The largest absolute Gasteiger partial charge is 0.395 e. The monoisotopic (exact) mass is 256 g/mol. The summed E-state index contributed by atoms with van der Waals surface area (Å²) >= 11 is 0. The molecule has 2 aromatic heterocycles. The van der Waals surface area contributed by atoms with Crippen LogP contribution in [0.3, 0.4) is 0 Å². The average Bonchev–Trinajstić information content (AvgIpc) is 2.78. The number of hydrogen-bond acceptors (Lipinski definition) is 4. The third kappa shape index (κ3) is 2.28. The van der Waals surface area contributed by atoms with Crippen molar-refractivity contribution in [2.24, 2.45) is 0 Å². The summed E-state index contributed by atoms with van der Waals surface area (Å²) in [5.41, 5.74) is 0.432. The number of halogens is 2. The Kier molecular flexibility index (Phi) is 3.47. The molecule has 2 N–H and O–H groups in total. The number of nitrogens with one attached hydrogen (secondary N) is 1. The topological polar surface area (TPSA) is 79.5 Å². The van der Waals surface area contributed by atoms with Crippen LogP contribution in [-0.2, 0) is 0 Å². The van der Waals surface area contributed by atoms with Gasteiger partial charge in [-0.1, -0.05) is 0 Å². The van der Waals surface area contributed by atoms with Crippen LogP contribution in [0.25, 0.3) is 5.65 Å². The van der Waals surface area contributed by atoms with E-state index in [-0.39, 0.29) is 24.4 Å². The molecule has 0 bridgehead atoms. The Morgan fingerprint density at radius 1 is 1.44 bits per heavy atom. The number of aliphatic hydroxyl groups is 1. The van der Waals surface area contributed by atoms with E-state index in [4.69, 9.17) is 5.11 Å². The van der Waals surface area contributed by atoms with E-state index in [1.54, 1.807) is 0 Å². The van der Waals surface area contributed by atoms with E-state index in [9.17, 15) is 13.6 Å². The highest BCUT2D eigenvalue weighted by Gasteiger charge is 2.16. The predicted molar refractivity (Wildman–Crippen MR) is 57.4 cm³/mol. The van der Waals surface area contributed by atoms with Crippen molar-refractivity contribution in [1.29, 1.82) is 0 Å². The Bertz CT molecular complexity index is 570. The summed E-state index contributed by atoms with van der Waals surface area (Å²) in [6, 6.07) is 2.87. The van der Waals surface area contributed by atoms with Crippen molar-refractivity contribution in [3.63, 3.8) is 0 Å². The molecular formula is C10H10F2N4O2. The van der Waals surface area contributed by atoms with Crippen LogP contribution in [0.1, 0.15) is 22.6 Å². The molecule has 8 heteroatoms. The summed E-state index contributed by atoms with van der Waals surface area (Å²) in [4.78, 5) is 11.6. The van der Waals surface area contributed by atoms with Gasteiger partial charge in [0.05, 0.1) is 12.2 Å². The number of rotatable bonds is 4. The van der Waals surface area contributed by atoms with Gasteiger partial charge < -0.3 is 10.4 Å². The van der Waals surface area contributed by atoms with Crippen LogP contribution < -0.4 is 5.32 Å². The van der Waals surface area contributed by atoms with Gasteiger partial charge in [-0.15, -0.1) is 10.2 Å². The zero-order valence-corrected chi connectivity index (χ0v) is 9.18. The second-order valence-electron chi connectivity index (χ2n) is 3.48. The molecule has 0 aliphatic carbocycles. The van der Waals surface area contributed by atoms with Gasteiger partial charge in [-0.25, -0.2) is 8.78 Å². The van der Waals surface area contributed by atoms with Gasteiger partial charge in [0.15, 0.2) is 5.65 Å². The summed E-state index contributed by atoms with van der Waals surface area (Å²) in [5, 5.41) is 17.9. The molecule has 0 saturated carbocycles. The molecular weight excluding hydrogens is 246 g/mol. The maximum Gasteiger partial charge on any atom is 0.297 e. The molecule has 0 aliphatic heterocycles. The first-order valence-corrected chi connectivity index (χ1v) is 5.15. The molecule has 0 aromatic carbocycles. The minimum atomic E-state index is -2.77. The summed E-state index contributed by atoms with van der Waals surface area (Å²) in [7, 11) is 0. The van der Waals surface area contributed by atoms with E-state index in [1.807, 2.05) is 0 Å². The predicted octanol–water partition coefficient (Wildman–Crippen LogP) is 0.389. The summed E-state index contributed by atoms with van der Waals surface area (Å²) in [5.74, 6) is -0.971. The third-order valence-electron chi connectivity index (χ3n) is 2.28. The van der Waals surface area contributed by atoms with Gasteiger partial charge in [0, 0.05) is 12.7 Å². The van der Waals surface area contributed by atoms with E-state index in [1.165, 1.54) is 18.3 Å². The zero-order valence-electron chi connectivity index (χ0n) is 9.18. The first-order chi connectivity index (χ1) is 8.63. The van der Waals surface area contributed by atoms with Crippen LogP contribution in [-0.4, -0.2) is 38.8 Å². The maximum atomic E-state index is 12.6. The molecule has 0 spiro atoms. The van der Waals surface area contributed by atoms with Crippen molar-refractivity contribution >= 4 is 11.6 Å². The molecule has 0 radical (unpaired) electrons. The first kappa shape index (κ1) is 12.4. The minimum absolute atomic E-state index is 0.0980. The number of aromatic nitrogens is 3. The van der Waals surface area contributed by atoms with Gasteiger partial charge in [-0.05, 0) is 12.1 Å². The van der Waals surface area contributed by atoms with Crippen LogP contribution in [0, 0.1) is 0 Å². The SMILES string of the molecule is O=C(NCCO)c1ccc2nnc(C(F)F)n2c1. The number of pyridine rings is 1. The number of nitrogens with zero attached hydrogens (tertiary/aromatic N) is 3. The van der Waals surface area contributed by atoms with E-state index < -0.39 is 18.2 Å². The Morgan fingerprint density at radius 3 is 2.89 bits per heavy atom. The van der Waals surface area contributed by atoms with Crippen LogP contribution in [0.5, 0.6) is 0 Å². The fourth-order valence-electron chi connectivity index (χ4n) is 1.46. The molecule has 0 atom stereocenters. The van der Waals surface area contributed by atoms with E-state index >= 15 is 0 Å². The van der Waals surface area contributed by atoms with Gasteiger partial charge in [-0.3, -0.25) is 9.20 Å². The standard InChI is InChI=1S/C10H10F2N4O2/c11-8(12)9-15-14-7-2-1-6(5-16(7)9)10(18)13-3-4-17/h1-2,5,8,17H,3-4H2,(H,13,18). The Labute approximate surface area is 100 Å². The lowest BCUT2D eigenvalue weighted by Crippen LogP contribution is -2.26. The van der Waals surface area contributed by atoms with Crippen LogP contribution in [0.2, 0.25) is 0 Å². The van der Waals surface area contributed by atoms with Crippen LogP contribution >= 0.6 is 0 Å². The average molecular weight is 256 g/mol. The van der Waals surface area contributed by atoms with Crippen molar-refractivity contribution < 1.29 is 18.7 Å². The lowest BCUT2D eigenvalue weighted by molar-refractivity contribution is 0.0943. The van der Waals surface area contributed by atoms with Crippen LogP contribution in [0.15, 0.2) is 18.3 Å². The van der Waals surface area contributed by atoms with Crippen molar-refractivity contribution in [2.75, 3.05) is 13.2 Å². The highest BCUT2D eigenvalue weighted by molar-refractivity contribution is 5.94. The molecule has 1 amide bonds. The number of fused-ring (bicyclic) bond motifs is 1. The van der Waals surface area contributed by atoms with E-state index in [0.717, 1.165) is 4.40 Å². The number of aliphatic hydroxyl groups excluding tert-OH is 1. The zero-order chi connectivity index (χ0) is 13.1. The number of amides is 1. The number of carbonyl (C=O) groups is 1. The Morgan fingerprint density at radius 2 is 2.22 bits per heavy atom. The van der Waals surface area contributed by atoms with Crippen molar-refractivity contribution in [2.45, 2.75) is 6.43 Å². The molecule has 96 valence electrons. The van der Waals surface area contributed by atoms with Crippen molar-refractivity contribution in [1.82, 2.24) is 19.9 Å². The van der Waals surface area contributed by atoms with Crippen LogP contribution in [0.4, 0.5) is 8.78 Å². The molecule has 0 unspecified atom stereocenters. The molecule has 0 fully saturated rings. The normalized spacial score (nSPS) is 11.1. The van der Waals surface area contributed by atoms with Gasteiger partial charge in [0.1, 0.15) is 0 Å². The second kappa shape index (κ2) is 5.05. The second-order valence-corrected chi connectivity index (χ2v) is 3.48. The van der Waals surface area contributed by atoms with E-state index in [0.29, 0.717) is 0 Å². The highest BCUT2D eigenvalue weighted by atomic mass is 19.3. The summed E-state index contributed by atoms with van der Waals surface area (Å²) < 4.78 is 26.3. The Hall–Kier alpha value is -2.09.